The van der Waals surface area contributed by atoms with Gasteiger partial charge < -0.3 is 9.64 Å². The molecule has 108 valence electrons. The molecule has 0 amide bonds. The number of hydrogen-bond donors (Lipinski definition) is 1. The van der Waals surface area contributed by atoms with Crippen molar-refractivity contribution < 1.29 is 4.74 Å². The molecule has 20 heavy (non-hydrogen) atoms. The second-order valence-electron chi connectivity index (χ2n) is 6.11. The molecule has 1 aromatic carbocycles. The molecule has 1 aliphatic heterocycles. The van der Waals surface area contributed by atoms with Crippen molar-refractivity contribution in [2.75, 3.05) is 18.9 Å². The largest absolute Gasteiger partial charge is 0.463 e. The first kappa shape index (κ1) is 13.8. The normalized spacial score (nSPS) is 21.4. The van der Waals surface area contributed by atoms with Crippen molar-refractivity contribution in [2.45, 2.75) is 38.3 Å². The van der Waals surface area contributed by atoms with Gasteiger partial charge in [-0.05, 0) is 37.8 Å². The number of thiol groups is 1. The first-order valence-electron chi connectivity index (χ1n) is 7.29. The van der Waals surface area contributed by atoms with E-state index in [4.69, 9.17) is 4.74 Å². The van der Waals surface area contributed by atoms with Crippen molar-refractivity contribution in [3.63, 3.8) is 0 Å². The van der Waals surface area contributed by atoms with Crippen molar-refractivity contribution in [1.82, 2.24) is 4.90 Å². The van der Waals surface area contributed by atoms with Crippen LogP contribution in [0.1, 0.15) is 37.4 Å². The summed E-state index contributed by atoms with van der Waals surface area (Å²) in [6, 6.07) is 9.87. The third-order valence-corrected chi connectivity index (χ3v) is 5.00. The van der Waals surface area contributed by atoms with Crippen LogP contribution in [0.25, 0.3) is 0 Å². The molecule has 3 rings (SSSR count). The maximum atomic E-state index is 5.77. The van der Waals surface area contributed by atoms with Crippen molar-refractivity contribution in [3.8, 4) is 0 Å². The van der Waals surface area contributed by atoms with E-state index in [1.54, 1.807) is 0 Å². The number of aliphatic imine (C=N–C) groups is 1. The zero-order valence-electron chi connectivity index (χ0n) is 12.2. The van der Waals surface area contributed by atoms with E-state index in [1.807, 2.05) is 0 Å². The van der Waals surface area contributed by atoms with Gasteiger partial charge in [0.25, 0.3) is 6.02 Å². The fourth-order valence-electron chi connectivity index (χ4n) is 3.16. The molecule has 1 aliphatic carbocycles. The third kappa shape index (κ3) is 2.30. The van der Waals surface area contributed by atoms with Crippen molar-refractivity contribution >= 4 is 18.7 Å². The zero-order valence-corrected chi connectivity index (χ0v) is 13.1. The quantitative estimate of drug-likeness (QED) is 0.865. The molecule has 0 radical (unpaired) electrons. The van der Waals surface area contributed by atoms with Crippen LogP contribution < -0.4 is 0 Å². The molecular weight excluding hydrogens is 268 g/mol. The molecule has 4 heteroatoms. The summed E-state index contributed by atoms with van der Waals surface area (Å²) >= 11 is 4.54. The molecule has 1 atom stereocenters. The number of benzene rings is 1. The van der Waals surface area contributed by atoms with Crippen molar-refractivity contribution in [3.05, 3.63) is 35.4 Å². The van der Waals surface area contributed by atoms with E-state index < -0.39 is 0 Å². The van der Waals surface area contributed by atoms with Gasteiger partial charge in [0, 0.05) is 11.3 Å². The fourth-order valence-corrected chi connectivity index (χ4v) is 3.32. The second kappa shape index (κ2) is 5.32. The Balaban J connectivity index is 1.99. The Hall–Kier alpha value is -1.16. The number of amidine groups is 1. The van der Waals surface area contributed by atoms with Crippen molar-refractivity contribution in [2.24, 2.45) is 4.99 Å². The molecular formula is C16H22N2OS. The lowest BCUT2D eigenvalue weighted by molar-refractivity contribution is 0.132. The molecule has 0 bridgehead atoms. The van der Waals surface area contributed by atoms with Gasteiger partial charge in [-0.25, -0.2) is 4.99 Å². The molecule has 2 aliphatic rings. The summed E-state index contributed by atoms with van der Waals surface area (Å²) in [6.07, 6.45) is 2.26. The molecule has 1 heterocycles. The van der Waals surface area contributed by atoms with E-state index in [2.05, 4.69) is 60.6 Å². The molecule has 0 N–H and O–H groups in total. The molecule has 0 saturated carbocycles. The van der Waals surface area contributed by atoms with Gasteiger partial charge in [-0.1, -0.05) is 24.3 Å². The van der Waals surface area contributed by atoms with Crippen LogP contribution in [-0.4, -0.2) is 35.4 Å². The Kier molecular flexibility index (Phi) is 3.67. The third-order valence-electron chi connectivity index (χ3n) is 4.23. The van der Waals surface area contributed by atoms with Crippen LogP contribution in [0.15, 0.2) is 29.3 Å². The molecule has 3 nitrogen and oxygen atoms in total. The summed E-state index contributed by atoms with van der Waals surface area (Å²) in [6.45, 7) is 5.89. The number of ether oxygens (including phenoxy) is 1. The van der Waals surface area contributed by atoms with Crippen LogP contribution in [0.3, 0.4) is 0 Å². The number of nitrogens with zero attached hydrogens (tertiary/aromatic N) is 2. The molecule has 0 saturated heterocycles. The maximum Gasteiger partial charge on any atom is 0.288 e. The summed E-state index contributed by atoms with van der Waals surface area (Å²) in [5.41, 5.74) is 2.80. The highest BCUT2D eigenvalue weighted by Crippen LogP contribution is 2.40. The first-order chi connectivity index (χ1) is 9.63. The first-order valence-corrected chi connectivity index (χ1v) is 7.92. The Labute approximate surface area is 126 Å². The van der Waals surface area contributed by atoms with E-state index in [1.165, 1.54) is 11.1 Å². The monoisotopic (exact) mass is 290 g/mol. The smallest absolute Gasteiger partial charge is 0.288 e. The lowest BCUT2D eigenvalue weighted by Gasteiger charge is -2.42. The highest BCUT2D eigenvalue weighted by molar-refractivity contribution is 7.80. The SMILES string of the molecule is CC(C)(CS)N(C1=NCCO1)C1CCc2ccccc21. The number of rotatable bonds is 3. The van der Waals surface area contributed by atoms with Crippen LogP contribution in [0.4, 0.5) is 0 Å². The number of hydrogen-bond acceptors (Lipinski definition) is 4. The van der Waals surface area contributed by atoms with E-state index in [-0.39, 0.29) is 5.54 Å². The predicted octanol–water partition coefficient (Wildman–Crippen LogP) is 3.07. The van der Waals surface area contributed by atoms with Crippen LogP contribution in [-0.2, 0) is 11.2 Å². The second-order valence-corrected chi connectivity index (χ2v) is 6.42. The van der Waals surface area contributed by atoms with Gasteiger partial charge in [-0.15, -0.1) is 0 Å². The Bertz CT molecular complexity index is 527. The number of aryl methyl sites for hydroxylation is 1. The topological polar surface area (TPSA) is 24.8 Å². The summed E-state index contributed by atoms with van der Waals surface area (Å²) in [4.78, 5) is 6.90. The standard InChI is InChI=1S/C16H22N2OS/c1-16(2,11-20)18(15-17-9-10-19-15)14-8-7-12-5-3-4-6-13(12)14/h3-6,14,20H,7-11H2,1-2H3. The van der Waals surface area contributed by atoms with Gasteiger partial charge in [0.05, 0.1) is 12.6 Å². The molecule has 0 aromatic heterocycles. The lowest BCUT2D eigenvalue weighted by atomic mass is 9.99. The maximum absolute atomic E-state index is 5.77. The minimum atomic E-state index is -0.0750. The van der Waals surface area contributed by atoms with E-state index in [0.29, 0.717) is 12.6 Å². The van der Waals surface area contributed by atoms with Crippen LogP contribution in [0.2, 0.25) is 0 Å². The molecule has 0 spiro atoms. The summed E-state index contributed by atoms with van der Waals surface area (Å²) < 4.78 is 5.77. The van der Waals surface area contributed by atoms with Gasteiger partial charge in [0.15, 0.2) is 0 Å². The minimum absolute atomic E-state index is 0.0750. The van der Waals surface area contributed by atoms with Crippen LogP contribution in [0, 0.1) is 0 Å². The highest BCUT2D eigenvalue weighted by atomic mass is 32.1. The fraction of sp³-hybridized carbons (Fsp3) is 0.562. The Morgan fingerprint density at radius 3 is 2.90 bits per heavy atom. The van der Waals surface area contributed by atoms with Crippen molar-refractivity contribution in [1.29, 1.82) is 0 Å². The van der Waals surface area contributed by atoms with E-state index in [0.717, 1.165) is 31.2 Å². The van der Waals surface area contributed by atoms with Gasteiger partial charge in [-0.3, -0.25) is 0 Å². The Morgan fingerprint density at radius 1 is 1.40 bits per heavy atom. The summed E-state index contributed by atoms with van der Waals surface area (Å²) in [5, 5.41) is 0. The molecule has 0 fully saturated rings. The van der Waals surface area contributed by atoms with Gasteiger partial charge >= 0.3 is 0 Å². The summed E-state index contributed by atoms with van der Waals surface area (Å²) in [7, 11) is 0. The molecule has 1 unspecified atom stereocenters. The van der Waals surface area contributed by atoms with Gasteiger partial charge in [-0.2, -0.15) is 12.6 Å². The van der Waals surface area contributed by atoms with E-state index >= 15 is 0 Å². The lowest BCUT2D eigenvalue weighted by Crippen LogP contribution is -2.50. The number of fused-ring (bicyclic) bond motifs is 1. The minimum Gasteiger partial charge on any atom is -0.463 e. The average molecular weight is 290 g/mol. The summed E-state index contributed by atoms with van der Waals surface area (Å²) in [5.74, 6) is 0.772. The van der Waals surface area contributed by atoms with Gasteiger partial charge in [0.2, 0.25) is 0 Å². The predicted molar refractivity (Wildman–Crippen MR) is 85.5 cm³/mol. The highest BCUT2D eigenvalue weighted by Gasteiger charge is 2.39. The molecule has 1 aromatic rings. The zero-order chi connectivity index (χ0) is 14.2. The average Bonchev–Trinajstić information content (AvgIpc) is 3.10. The van der Waals surface area contributed by atoms with Gasteiger partial charge in [0.1, 0.15) is 6.61 Å². The Morgan fingerprint density at radius 2 is 2.20 bits per heavy atom. The van der Waals surface area contributed by atoms with Crippen LogP contribution in [0.5, 0.6) is 0 Å². The van der Waals surface area contributed by atoms with E-state index in [9.17, 15) is 0 Å². The van der Waals surface area contributed by atoms with Crippen LogP contribution >= 0.6 is 12.6 Å².